The predicted octanol–water partition coefficient (Wildman–Crippen LogP) is 3.14. The highest BCUT2D eigenvalue weighted by Gasteiger charge is 2.31. The van der Waals surface area contributed by atoms with Crippen LogP contribution in [0.5, 0.6) is 5.75 Å². The van der Waals surface area contributed by atoms with Gasteiger partial charge in [-0.05, 0) is 42.2 Å². The van der Waals surface area contributed by atoms with E-state index in [9.17, 15) is 14.4 Å². The Morgan fingerprint density at radius 1 is 1.17 bits per heavy atom. The summed E-state index contributed by atoms with van der Waals surface area (Å²) in [4.78, 5) is 35.1. The van der Waals surface area contributed by atoms with Crippen LogP contribution in [0.3, 0.4) is 0 Å². The number of carbonyl (C=O) groups is 3. The molecule has 2 aromatic carbocycles. The Kier molecular flexibility index (Phi) is 7.17. The van der Waals surface area contributed by atoms with E-state index in [1.54, 1.807) is 25.3 Å². The molecule has 1 saturated heterocycles. The predicted molar refractivity (Wildman–Crippen MR) is 113 cm³/mol. The second-order valence-electron chi connectivity index (χ2n) is 6.64. The van der Waals surface area contributed by atoms with Crippen molar-refractivity contribution in [2.45, 2.75) is 24.5 Å². The number of amides is 3. The van der Waals surface area contributed by atoms with Crippen LogP contribution in [-0.2, 0) is 28.9 Å². The van der Waals surface area contributed by atoms with Gasteiger partial charge < -0.3 is 10.1 Å². The maximum Gasteiger partial charge on any atom is 0.286 e. The number of halogens is 1. The third kappa shape index (κ3) is 5.98. The lowest BCUT2D eigenvalue weighted by Gasteiger charge is -2.10. The number of thioether (sulfide) groups is 1. The molecule has 0 spiro atoms. The topological polar surface area (TPSA) is 84.5 Å². The SMILES string of the molecule is COc1ccc(Cl)cc1CC(=O)NCCc1ccc(CC2SC(=O)NC2=O)cc1. The second-order valence-corrected chi connectivity index (χ2v) is 8.25. The zero-order valence-electron chi connectivity index (χ0n) is 15.9. The molecule has 3 amide bonds. The summed E-state index contributed by atoms with van der Waals surface area (Å²) in [7, 11) is 1.56. The van der Waals surface area contributed by atoms with Crippen molar-refractivity contribution in [3.63, 3.8) is 0 Å². The number of methoxy groups -OCH3 is 1. The molecule has 0 radical (unpaired) electrons. The molecule has 0 aromatic heterocycles. The van der Waals surface area contributed by atoms with Crippen LogP contribution in [-0.4, -0.2) is 36.0 Å². The first-order chi connectivity index (χ1) is 13.9. The number of carbonyl (C=O) groups excluding carboxylic acids is 3. The van der Waals surface area contributed by atoms with Crippen LogP contribution in [0.15, 0.2) is 42.5 Å². The number of hydrogen-bond acceptors (Lipinski definition) is 5. The lowest BCUT2D eigenvalue weighted by atomic mass is 10.1. The highest BCUT2D eigenvalue weighted by atomic mass is 35.5. The molecule has 152 valence electrons. The normalized spacial score (nSPS) is 15.9. The zero-order valence-corrected chi connectivity index (χ0v) is 17.4. The van der Waals surface area contributed by atoms with Crippen molar-refractivity contribution < 1.29 is 19.1 Å². The van der Waals surface area contributed by atoms with E-state index in [1.807, 2.05) is 24.3 Å². The molecule has 2 N–H and O–H groups in total. The third-order valence-electron chi connectivity index (χ3n) is 4.54. The fraction of sp³-hybridized carbons (Fsp3) is 0.286. The van der Waals surface area contributed by atoms with Crippen LogP contribution in [0.2, 0.25) is 5.02 Å². The molecule has 1 unspecified atom stereocenters. The maximum absolute atomic E-state index is 12.2. The molecule has 1 aliphatic rings. The van der Waals surface area contributed by atoms with Gasteiger partial charge in [0.05, 0.1) is 18.8 Å². The fourth-order valence-electron chi connectivity index (χ4n) is 3.05. The van der Waals surface area contributed by atoms with Crippen LogP contribution >= 0.6 is 23.4 Å². The van der Waals surface area contributed by atoms with E-state index in [-0.39, 0.29) is 28.7 Å². The molecule has 29 heavy (non-hydrogen) atoms. The van der Waals surface area contributed by atoms with Gasteiger partial charge in [0.1, 0.15) is 5.75 Å². The van der Waals surface area contributed by atoms with Crippen LogP contribution in [0.1, 0.15) is 16.7 Å². The molecule has 3 rings (SSSR count). The van der Waals surface area contributed by atoms with Gasteiger partial charge in [0, 0.05) is 17.1 Å². The summed E-state index contributed by atoms with van der Waals surface area (Å²) in [5.41, 5.74) is 2.82. The van der Waals surface area contributed by atoms with Gasteiger partial charge in [0.15, 0.2) is 0 Å². The lowest BCUT2D eigenvalue weighted by Crippen LogP contribution is -2.27. The summed E-state index contributed by atoms with van der Waals surface area (Å²) < 4.78 is 5.26. The van der Waals surface area contributed by atoms with Crippen molar-refractivity contribution in [2.24, 2.45) is 0 Å². The maximum atomic E-state index is 12.2. The van der Waals surface area contributed by atoms with Crippen molar-refractivity contribution >= 4 is 40.4 Å². The Hall–Kier alpha value is -2.51. The first-order valence-corrected chi connectivity index (χ1v) is 10.4. The second kappa shape index (κ2) is 9.80. The summed E-state index contributed by atoms with van der Waals surface area (Å²) >= 11 is 7.03. The first kappa shape index (κ1) is 21.2. The molecular weight excluding hydrogens is 412 g/mol. The van der Waals surface area contributed by atoms with E-state index < -0.39 is 0 Å². The average molecular weight is 433 g/mol. The summed E-state index contributed by atoms with van der Waals surface area (Å²) in [5.74, 6) is 0.301. The highest BCUT2D eigenvalue weighted by Crippen LogP contribution is 2.24. The molecular formula is C21H21ClN2O4S. The number of imide groups is 1. The average Bonchev–Trinajstić information content (AvgIpc) is 3.00. The van der Waals surface area contributed by atoms with Crippen LogP contribution < -0.4 is 15.4 Å². The molecule has 8 heteroatoms. The van der Waals surface area contributed by atoms with E-state index >= 15 is 0 Å². The van der Waals surface area contributed by atoms with E-state index in [0.29, 0.717) is 30.2 Å². The van der Waals surface area contributed by atoms with Gasteiger partial charge in [-0.3, -0.25) is 19.7 Å². The Balaban J connectivity index is 1.46. The fourth-order valence-corrected chi connectivity index (χ4v) is 4.11. The van der Waals surface area contributed by atoms with Crippen molar-refractivity contribution in [1.82, 2.24) is 10.6 Å². The minimum absolute atomic E-state index is 0.101. The summed E-state index contributed by atoms with van der Waals surface area (Å²) in [6, 6.07) is 13.0. The largest absolute Gasteiger partial charge is 0.496 e. The Labute approximate surface area is 178 Å². The number of rotatable bonds is 8. The molecule has 1 fully saturated rings. The minimum Gasteiger partial charge on any atom is -0.496 e. The number of nitrogens with one attached hydrogen (secondary N) is 2. The summed E-state index contributed by atoms with van der Waals surface area (Å²) in [5, 5.41) is 5.11. The molecule has 1 aliphatic heterocycles. The van der Waals surface area contributed by atoms with Crippen LogP contribution in [0.25, 0.3) is 0 Å². The monoisotopic (exact) mass is 432 g/mol. The van der Waals surface area contributed by atoms with E-state index in [0.717, 1.165) is 28.5 Å². The van der Waals surface area contributed by atoms with Gasteiger partial charge in [0.2, 0.25) is 11.8 Å². The summed E-state index contributed by atoms with van der Waals surface area (Å²) in [6.45, 7) is 0.510. The van der Waals surface area contributed by atoms with Crippen molar-refractivity contribution in [1.29, 1.82) is 0 Å². The molecule has 0 aliphatic carbocycles. The van der Waals surface area contributed by atoms with Crippen molar-refractivity contribution in [3.8, 4) is 5.75 Å². The Morgan fingerprint density at radius 2 is 1.90 bits per heavy atom. The van der Waals surface area contributed by atoms with E-state index in [2.05, 4.69) is 10.6 Å². The van der Waals surface area contributed by atoms with Gasteiger partial charge in [-0.15, -0.1) is 0 Å². The standard InChI is InChI=1S/C21H21ClN2O4S/c1-28-17-7-6-16(22)11-15(17)12-19(25)23-9-8-13-2-4-14(5-3-13)10-18-20(26)24-21(27)29-18/h2-7,11,18H,8-10,12H2,1H3,(H,23,25)(H,24,26,27). The Bertz CT molecular complexity index is 917. The number of benzene rings is 2. The molecule has 0 saturated carbocycles. The van der Waals surface area contributed by atoms with Gasteiger partial charge in [0.25, 0.3) is 5.24 Å². The van der Waals surface area contributed by atoms with E-state index in [1.165, 1.54) is 0 Å². The lowest BCUT2D eigenvalue weighted by molar-refractivity contribution is -0.120. The smallest absolute Gasteiger partial charge is 0.286 e. The molecule has 1 heterocycles. The minimum atomic E-state index is -0.365. The van der Waals surface area contributed by atoms with Gasteiger partial charge >= 0.3 is 0 Å². The van der Waals surface area contributed by atoms with Crippen molar-refractivity contribution in [2.75, 3.05) is 13.7 Å². The zero-order chi connectivity index (χ0) is 20.8. The molecule has 2 aromatic rings. The van der Waals surface area contributed by atoms with Crippen LogP contribution in [0, 0.1) is 0 Å². The Morgan fingerprint density at radius 3 is 2.55 bits per heavy atom. The number of ether oxygens (including phenoxy) is 1. The van der Waals surface area contributed by atoms with E-state index in [4.69, 9.17) is 16.3 Å². The third-order valence-corrected chi connectivity index (χ3v) is 5.76. The van der Waals surface area contributed by atoms with Gasteiger partial charge in [-0.25, -0.2) is 0 Å². The quantitative estimate of drug-likeness (QED) is 0.669. The molecule has 6 nitrogen and oxygen atoms in total. The molecule has 0 bridgehead atoms. The number of hydrogen-bond donors (Lipinski definition) is 2. The summed E-state index contributed by atoms with van der Waals surface area (Å²) in [6.07, 6.45) is 1.40. The molecule has 1 atom stereocenters. The van der Waals surface area contributed by atoms with Crippen LogP contribution in [0.4, 0.5) is 4.79 Å². The first-order valence-electron chi connectivity index (χ1n) is 9.13. The van der Waals surface area contributed by atoms with Gasteiger partial charge in [-0.2, -0.15) is 0 Å². The van der Waals surface area contributed by atoms with Gasteiger partial charge in [-0.1, -0.05) is 47.6 Å². The highest BCUT2D eigenvalue weighted by molar-refractivity contribution is 8.15. The van der Waals surface area contributed by atoms with Crippen molar-refractivity contribution in [3.05, 3.63) is 64.2 Å².